The second kappa shape index (κ2) is 5.40. The monoisotopic (exact) mass is 238 g/mol. The lowest BCUT2D eigenvalue weighted by molar-refractivity contribution is -0.384. The fourth-order valence-corrected chi connectivity index (χ4v) is 1.43. The molecule has 1 aromatic carbocycles. The number of carboxylic acid groups (broad SMARTS) is 1. The van der Waals surface area contributed by atoms with E-state index in [4.69, 9.17) is 5.11 Å². The normalized spacial score (nSPS) is 12.4. The van der Waals surface area contributed by atoms with Gasteiger partial charge in [0.15, 0.2) is 0 Å². The predicted molar refractivity (Wildman–Crippen MR) is 61.7 cm³/mol. The average molecular weight is 238 g/mol. The van der Waals surface area contributed by atoms with Crippen LogP contribution in [0.2, 0.25) is 0 Å². The number of rotatable bonds is 5. The molecule has 0 radical (unpaired) electrons. The lowest BCUT2D eigenvalue weighted by Crippen LogP contribution is -2.33. The van der Waals surface area contributed by atoms with Crippen LogP contribution in [0.3, 0.4) is 0 Å². The van der Waals surface area contributed by atoms with Gasteiger partial charge in [0.1, 0.15) is 6.04 Å². The highest BCUT2D eigenvalue weighted by Gasteiger charge is 2.20. The van der Waals surface area contributed by atoms with Gasteiger partial charge in [-0.1, -0.05) is 12.1 Å². The van der Waals surface area contributed by atoms with Crippen molar-refractivity contribution in [2.24, 2.45) is 0 Å². The van der Waals surface area contributed by atoms with Crippen molar-refractivity contribution < 1.29 is 14.8 Å². The number of aliphatic carboxylic acids is 1. The van der Waals surface area contributed by atoms with Gasteiger partial charge in [0, 0.05) is 18.2 Å². The van der Waals surface area contributed by atoms with Crippen LogP contribution in [0.1, 0.15) is 25.5 Å². The van der Waals surface area contributed by atoms with Gasteiger partial charge in [-0.05, 0) is 19.4 Å². The summed E-state index contributed by atoms with van der Waals surface area (Å²) < 4.78 is 0. The Morgan fingerprint density at radius 1 is 1.35 bits per heavy atom. The summed E-state index contributed by atoms with van der Waals surface area (Å²) in [5.74, 6) is -1.01. The molecule has 92 valence electrons. The quantitative estimate of drug-likeness (QED) is 0.601. The Hall–Kier alpha value is -1.95. The first-order valence-electron chi connectivity index (χ1n) is 5.15. The van der Waals surface area contributed by atoms with E-state index in [1.54, 1.807) is 0 Å². The number of carboxylic acids is 1. The molecule has 0 amide bonds. The van der Waals surface area contributed by atoms with Crippen molar-refractivity contribution in [3.8, 4) is 0 Å². The second-order valence-electron chi connectivity index (χ2n) is 3.94. The Labute approximate surface area is 98.4 Å². The van der Waals surface area contributed by atoms with Crippen molar-refractivity contribution >= 4 is 11.7 Å². The van der Waals surface area contributed by atoms with Crippen LogP contribution in [0.5, 0.6) is 0 Å². The van der Waals surface area contributed by atoms with Crippen molar-refractivity contribution in [3.63, 3.8) is 0 Å². The van der Waals surface area contributed by atoms with Gasteiger partial charge < -0.3 is 5.11 Å². The number of nitro groups is 1. The number of carbonyl (C=O) groups is 1. The highest BCUT2D eigenvalue weighted by atomic mass is 16.6. The van der Waals surface area contributed by atoms with Crippen molar-refractivity contribution in [2.75, 3.05) is 0 Å². The van der Waals surface area contributed by atoms with E-state index in [9.17, 15) is 14.9 Å². The molecule has 0 heterocycles. The first-order chi connectivity index (χ1) is 7.91. The maximum Gasteiger partial charge on any atom is 0.325 e. The number of hydrogen-bond donors (Lipinski definition) is 2. The van der Waals surface area contributed by atoms with Gasteiger partial charge >= 0.3 is 5.97 Å². The molecular weight excluding hydrogens is 224 g/mol. The van der Waals surface area contributed by atoms with Crippen LogP contribution in [-0.4, -0.2) is 22.0 Å². The number of nitrogens with zero attached hydrogens (tertiary/aromatic N) is 1. The maximum absolute atomic E-state index is 11.1. The Kier molecular flexibility index (Phi) is 4.17. The summed E-state index contributed by atoms with van der Waals surface area (Å²) in [7, 11) is 0. The predicted octanol–water partition coefficient (Wildman–Crippen LogP) is 1.72. The molecule has 1 aromatic rings. The van der Waals surface area contributed by atoms with E-state index >= 15 is 0 Å². The van der Waals surface area contributed by atoms with Crippen molar-refractivity contribution in [1.82, 2.24) is 5.32 Å². The third-order valence-corrected chi connectivity index (χ3v) is 2.18. The zero-order chi connectivity index (χ0) is 13.0. The minimum atomic E-state index is -1.01. The topological polar surface area (TPSA) is 92.5 Å². The standard InChI is InChI=1S/C11H14N2O4/c1-7(2)12-10(11(14)15)8-3-5-9(6-4-8)13(16)17/h3-7,10,12H,1-2H3,(H,14,15). The third kappa shape index (κ3) is 3.53. The lowest BCUT2D eigenvalue weighted by atomic mass is 10.1. The number of nitro benzene ring substituents is 1. The smallest absolute Gasteiger partial charge is 0.325 e. The van der Waals surface area contributed by atoms with Gasteiger partial charge in [-0.25, -0.2) is 0 Å². The number of benzene rings is 1. The summed E-state index contributed by atoms with van der Waals surface area (Å²) >= 11 is 0. The Morgan fingerprint density at radius 2 is 1.88 bits per heavy atom. The van der Waals surface area contributed by atoms with Crippen LogP contribution < -0.4 is 5.32 Å². The van der Waals surface area contributed by atoms with Crippen molar-refractivity contribution in [1.29, 1.82) is 0 Å². The molecule has 1 atom stereocenters. The number of hydrogen-bond acceptors (Lipinski definition) is 4. The lowest BCUT2D eigenvalue weighted by Gasteiger charge is -2.17. The SMILES string of the molecule is CC(C)NC(C(=O)O)c1ccc([N+](=O)[O-])cc1. The number of non-ortho nitro benzene ring substituents is 1. The first-order valence-corrected chi connectivity index (χ1v) is 5.15. The molecule has 0 aliphatic heterocycles. The van der Waals surface area contributed by atoms with Gasteiger partial charge in [-0.2, -0.15) is 0 Å². The summed E-state index contributed by atoms with van der Waals surface area (Å²) in [4.78, 5) is 21.0. The molecule has 0 spiro atoms. The number of nitrogens with one attached hydrogen (secondary N) is 1. The van der Waals surface area contributed by atoms with Gasteiger partial charge in [-0.15, -0.1) is 0 Å². The van der Waals surface area contributed by atoms with E-state index in [1.807, 2.05) is 13.8 Å². The van der Waals surface area contributed by atoms with Gasteiger partial charge in [0.2, 0.25) is 0 Å². The highest BCUT2D eigenvalue weighted by molar-refractivity contribution is 5.75. The van der Waals surface area contributed by atoms with E-state index in [2.05, 4.69) is 5.32 Å². The molecule has 1 rings (SSSR count). The molecule has 1 unspecified atom stereocenters. The van der Waals surface area contributed by atoms with Crippen molar-refractivity contribution in [2.45, 2.75) is 25.9 Å². The van der Waals surface area contributed by atoms with E-state index in [0.717, 1.165) is 0 Å². The molecule has 0 fully saturated rings. The summed E-state index contributed by atoms with van der Waals surface area (Å²) in [6.07, 6.45) is 0. The molecular formula is C11H14N2O4. The summed E-state index contributed by atoms with van der Waals surface area (Å²) in [6, 6.07) is 4.65. The molecule has 0 bridgehead atoms. The molecule has 2 N–H and O–H groups in total. The van der Waals surface area contributed by atoms with E-state index in [-0.39, 0.29) is 11.7 Å². The van der Waals surface area contributed by atoms with Gasteiger partial charge in [0.05, 0.1) is 4.92 Å². The fraction of sp³-hybridized carbons (Fsp3) is 0.364. The molecule has 0 saturated heterocycles. The Bertz CT molecular complexity index is 414. The zero-order valence-electron chi connectivity index (χ0n) is 9.58. The maximum atomic E-state index is 11.1. The Morgan fingerprint density at radius 3 is 2.24 bits per heavy atom. The van der Waals surface area contributed by atoms with E-state index in [0.29, 0.717) is 5.56 Å². The van der Waals surface area contributed by atoms with Crippen molar-refractivity contribution in [3.05, 3.63) is 39.9 Å². The second-order valence-corrected chi connectivity index (χ2v) is 3.94. The molecule has 0 saturated carbocycles. The van der Waals surface area contributed by atoms with E-state index < -0.39 is 16.9 Å². The third-order valence-electron chi connectivity index (χ3n) is 2.18. The van der Waals surface area contributed by atoms with Gasteiger partial charge in [0.25, 0.3) is 5.69 Å². The largest absolute Gasteiger partial charge is 0.480 e. The van der Waals surface area contributed by atoms with Crippen LogP contribution in [0.15, 0.2) is 24.3 Å². The van der Waals surface area contributed by atoms with Crippen LogP contribution in [0.4, 0.5) is 5.69 Å². The van der Waals surface area contributed by atoms with Crippen LogP contribution in [0, 0.1) is 10.1 Å². The molecule has 0 aliphatic rings. The van der Waals surface area contributed by atoms with E-state index in [1.165, 1.54) is 24.3 Å². The van der Waals surface area contributed by atoms with Crippen LogP contribution >= 0.6 is 0 Å². The summed E-state index contributed by atoms with van der Waals surface area (Å²) in [5, 5.41) is 22.4. The first kappa shape index (κ1) is 13.1. The minimum Gasteiger partial charge on any atom is -0.480 e. The highest BCUT2D eigenvalue weighted by Crippen LogP contribution is 2.18. The Balaban J connectivity index is 2.95. The molecule has 17 heavy (non-hydrogen) atoms. The van der Waals surface area contributed by atoms with Crippen LogP contribution in [-0.2, 0) is 4.79 Å². The molecule has 6 nitrogen and oxygen atoms in total. The van der Waals surface area contributed by atoms with Crippen LogP contribution in [0.25, 0.3) is 0 Å². The van der Waals surface area contributed by atoms with Gasteiger partial charge in [-0.3, -0.25) is 20.2 Å². The zero-order valence-corrected chi connectivity index (χ0v) is 9.58. The molecule has 0 aliphatic carbocycles. The average Bonchev–Trinajstić information content (AvgIpc) is 2.25. The molecule has 6 heteroatoms. The summed E-state index contributed by atoms with van der Waals surface area (Å²) in [5.41, 5.74) is 0.444. The summed E-state index contributed by atoms with van der Waals surface area (Å²) in [6.45, 7) is 3.67. The minimum absolute atomic E-state index is 0.00583. The molecule has 0 aromatic heterocycles. The fourth-order valence-electron chi connectivity index (χ4n) is 1.43.